The zero-order valence-corrected chi connectivity index (χ0v) is 12.7. The van der Waals surface area contributed by atoms with E-state index >= 15 is 0 Å². The smallest absolute Gasteiger partial charge is 0.243 e. The van der Waals surface area contributed by atoms with Crippen LogP contribution in [0.5, 0.6) is 5.75 Å². The van der Waals surface area contributed by atoms with Gasteiger partial charge in [-0.2, -0.15) is 4.31 Å². The van der Waals surface area contributed by atoms with Crippen molar-refractivity contribution < 1.29 is 18.3 Å². The van der Waals surface area contributed by atoms with E-state index in [4.69, 9.17) is 0 Å². The van der Waals surface area contributed by atoms with Crippen LogP contribution in [-0.4, -0.2) is 55.3 Å². The minimum absolute atomic E-state index is 0.0349. The Kier molecular flexibility index (Phi) is 5.52. The lowest BCUT2D eigenvalue weighted by molar-refractivity contribution is -0.130. The van der Waals surface area contributed by atoms with Crippen LogP contribution in [0.15, 0.2) is 29.2 Å². The van der Waals surface area contributed by atoms with Crippen molar-refractivity contribution in [1.82, 2.24) is 9.21 Å². The number of amides is 1. The summed E-state index contributed by atoms with van der Waals surface area (Å²) < 4.78 is 25.5. The number of aromatic hydroxyl groups is 1. The number of carbonyl (C=O) groups excluding carboxylic acids is 1. The van der Waals surface area contributed by atoms with Gasteiger partial charge in [-0.25, -0.2) is 8.42 Å². The zero-order chi connectivity index (χ0) is 15.3. The topological polar surface area (TPSA) is 77.9 Å². The number of nitrogens with zero attached hydrogens (tertiary/aromatic N) is 2. The minimum atomic E-state index is -3.78. The number of rotatable bonds is 6. The predicted octanol–water partition coefficient (Wildman–Crippen LogP) is 0.881. The standard InChI is InChI=1S/C13H20N2O4S/c1-4-15(5-2)13(17)10-14(3)20(18,19)12-8-6-7-11(16)9-12/h6-9,16H,4-5,10H2,1-3H3. The van der Waals surface area contributed by atoms with Crippen molar-refractivity contribution in [2.75, 3.05) is 26.7 Å². The summed E-state index contributed by atoms with van der Waals surface area (Å²) in [6, 6.07) is 5.38. The quantitative estimate of drug-likeness (QED) is 0.846. The Balaban J connectivity index is 2.91. The van der Waals surface area contributed by atoms with E-state index in [2.05, 4.69) is 0 Å². The SMILES string of the molecule is CCN(CC)C(=O)CN(C)S(=O)(=O)c1cccc(O)c1. The fourth-order valence-corrected chi connectivity index (χ4v) is 2.94. The van der Waals surface area contributed by atoms with Gasteiger partial charge in [-0.15, -0.1) is 0 Å². The van der Waals surface area contributed by atoms with E-state index in [-0.39, 0.29) is 23.1 Å². The molecule has 1 aromatic carbocycles. The van der Waals surface area contributed by atoms with Gasteiger partial charge in [0.15, 0.2) is 0 Å². The molecule has 0 saturated carbocycles. The highest BCUT2D eigenvalue weighted by Crippen LogP contribution is 2.19. The average molecular weight is 300 g/mol. The summed E-state index contributed by atoms with van der Waals surface area (Å²) >= 11 is 0. The molecular weight excluding hydrogens is 280 g/mol. The van der Waals surface area contributed by atoms with Crippen LogP contribution in [0.25, 0.3) is 0 Å². The summed E-state index contributed by atoms with van der Waals surface area (Å²) in [6.07, 6.45) is 0. The van der Waals surface area contributed by atoms with E-state index in [1.165, 1.54) is 25.2 Å². The monoisotopic (exact) mass is 300 g/mol. The first kappa shape index (κ1) is 16.5. The lowest BCUT2D eigenvalue weighted by atomic mass is 10.3. The zero-order valence-electron chi connectivity index (χ0n) is 11.9. The number of phenolic OH excluding ortho intramolecular Hbond substituents is 1. The molecule has 20 heavy (non-hydrogen) atoms. The van der Waals surface area contributed by atoms with Crippen molar-refractivity contribution in [3.05, 3.63) is 24.3 Å². The fraction of sp³-hybridized carbons (Fsp3) is 0.462. The molecule has 1 rings (SSSR count). The first-order valence-electron chi connectivity index (χ1n) is 6.36. The molecular formula is C13H20N2O4S. The van der Waals surface area contributed by atoms with Crippen molar-refractivity contribution in [2.24, 2.45) is 0 Å². The molecule has 0 bridgehead atoms. The Morgan fingerprint density at radius 2 is 1.85 bits per heavy atom. The largest absolute Gasteiger partial charge is 0.508 e. The molecule has 0 aliphatic carbocycles. The van der Waals surface area contributed by atoms with Crippen LogP contribution >= 0.6 is 0 Å². The number of carbonyl (C=O) groups is 1. The Morgan fingerprint density at radius 1 is 1.25 bits per heavy atom. The van der Waals surface area contributed by atoms with Gasteiger partial charge in [0, 0.05) is 20.1 Å². The molecule has 0 spiro atoms. The van der Waals surface area contributed by atoms with Crippen molar-refractivity contribution in [2.45, 2.75) is 18.7 Å². The first-order chi connectivity index (χ1) is 9.32. The van der Waals surface area contributed by atoms with Gasteiger partial charge in [-0.05, 0) is 32.0 Å². The van der Waals surface area contributed by atoms with Crippen LogP contribution in [-0.2, 0) is 14.8 Å². The molecule has 6 nitrogen and oxygen atoms in total. The third kappa shape index (κ3) is 3.71. The lowest BCUT2D eigenvalue weighted by Gasteiger charge is -2.23. The van der Waals surface area contributed by atoms with Gasteiger partial charge in [0.1, 0.15) is 5.75 Å². The molecule has 0 heterocycles. The maximum atomic E-state index is 12.3. The van der Waals surface area contributed by atoms with Gasteiger partial charge in [0.25, 0.3) is 0 Å². The molecule has 112 valence electrons. The van der Waals surface area contributed by atoms with Gasteiger partial charge >= 0.3 is 0 Å². The van der Waals surface area contributed by atoms with E-state index < -0.39 is 10.0 Å². The van der Waals surface area contributed by atoms with Crippen molar-refractivity contribution >= 4 is 15.9 Å². The Hall–Kier alpha value is -1.60. The summed E-state index contributed by atoms with van der Waals surface area (Å²) in [6.45, 7) is 4.53. The highest BCUT2D eigenvalue weighted by Gasteiger charge is 2.24. The molecule has 1 N–H and O–H groups in total. The summed E-state index contributed by atoms with van der Waals surface area (Å²) in [4.78, 5) is 13.5. The molecule has 0 saturated heterocycles. The third-order valence-corrected chi connectivity index (χ3v) is 4.80. The van der Waals surface area contributed by atoms with Gasteiger partial charge in [0.05, 0.1) is 11.4 Å². The second kappa shape index (κ2) is 6.71. The summed E-state index contributed by atoms with van der Waals surface area (Å²) in [7, 11) is -2.43. The Bertz CT molecular complexity index is 567. The summed E-state index contributed by atoms with van der Waals surface area (Å²) in [5, 5.41) is 9.35. The first-order valence-corrected chi connectivity index (χ1v) is 7.80. The Morgan fingerprint density at radius 3 is 2.35 bits per heavy atom. The molecule has 0 unspecified atom stereocenters. The van der Waals surface area contributed by atoms with E-state index in [0.717, 1.165) is 10.4 Å². The molecule has 1 amide bonds. The highest BCUT2D eigenvalue weighted by atomic mass is 32.2. The molecule has 0 aromatic heterocycles. The van der Waals surface area contributed by atoms with Crippen LogP contribution in [0.4, 0.5) is 0 Å². The molecule has 0 radical (unpaired) electrons. The maximum Gasteiger partial charge on any atom is 0.243 e. The van der Waals surface area contributed by atoms with Gasteiger partial charge < -0.3 is 10.0 Å². The van der Waals surface area contributed by atoms with Crippen LogP contribution in [0, 0.1) is 0 Å². The highest BCUT2D eigenvalue weighted by molar-refractivity contribution is 7.89. The van der Waals surface area contributed by atoms with Gasteiger partial charge in [-0.1, -0.05) is 6.07 Å². The predicted molar refractivity (Wildman–Crippen MR) is 75.9 cm³/mol. The second-order valence-corrected chi connectivity index (χ2v) is 6.37. The molecule has 7 heteroatoms. The Labute approximate surface area is 119 Å². The third-order valence-electron chi connectivity index (χ3n) is 3.00. The second-order valence-electron chi connectivity index (χ2n) is 4.32. The summed E-state index contributed by atoms with van der Waals surface area (Å²) in [5.41, 5.74) is 0. The van der Waals surface area contributed by atoms with Crippen LogP contribution in [0.2, 0.25) is 0 Å². The molecule has 0 aliphatic rings. The number of benzene rings is 1. The lowest BCUT2D eigenvalue weighted by Crippen LogP contribution is -2.40. The van der Waals surface area contributed by atoms with Gasteiger partial charge in [0.2, 0.25) is 15.9 Å². The molecule has 0 atom stereocenters. The van der Waals surface area contributed by atoms with Crippen LogP contribution in [0.3, 0.4) is 0 Å². The number of sulfonamides is 1. The van der Waals surface area contributed by atoms with E-state index in [1.807, 2.05) is 13.8 Å². The fourth-order valence-electron chi connectivity index (χ4n) is 1.78. The molecule has 0 fully saturated rings. The molecule has 1 aromatic rings. The number of phenols is 1. The van der Waals surface area contributed by atoms with Crippen molar-refractivity contribution in [3.8, 4) is 5.75 Å². The minimum Gasteiger partial charge on any atom is -0.508 e. The van der Waals surface area contributed by atoms with Crippen LogP contribution in [0.1, 0.15) is 13.8 Å². The average Bonchev–Trinajstić information content (AvgIpc) is 2.40. The van der Waals surface area contributed by atoms with Gasteiger partial charge in [-0.3, -0.25) is 4.79 Å². The molecule has 0 aliphatic heterocycles. The number of hydrogen-bond donors (Lipinski definition) is 1. The number of hydrogen-bond acceptors (Lipinski definition) is 4. The van der Waals surface area contributed by atoms with Crippen molar-refractivity contribution in [3.63, 3.8) is 0 Å². The van der Waals surface area contributed by atoms with Crippen molar-refractivity contribution in [1.29, 1.82) is 0 Å². The summed E-state index contributed by atoms with van der Waals surface area (Å²) in [5.74, 6) is -0.379. The number of likely N-dealkylation sites (N-methyl/N-ethyl adjacent to an activating group) is 2. The maximum absolute atomic E-state index is 12.3. The van der Waals surface area contributed by atoms with E-state index in [9.17, 15) is 18.3 Å². The van der Waals surface area contributed by atoms with Crippen LogP contribution < -0.4 is 0 Å². The normalized spacial score (nSPS) is 11.6. The van der Waals surface area contributed by atoms with E-state index in [1.54, 1.807) is 4.90 Å². The van der Waals surface area contributed by atoms with E-state index in [0.29, 0.717) is 13.1 Å².